The third-order valence-electron chi connectivity index (χ3n) is 4.79. The van der Waals surface area contributed by atoms with Gasteiger partial charge in [0.2, 0.25) is 0 Å². The van der Waals surface area contributed by atoms with Gasteiger partial charge in [-0.1, -0.05) is 6.92 Å². The monoisotopic (exact) mass is 425 g/mol. The van der Waals surface area contributed by atoms with Crippen molar-refractivity contribution < 1.29 is 9.59 Å². The molecule has 3 rings (SSSR count). The van der Waals surface area contributed by atoms with Gasteiger partial charge in [-0.25, -0.2) is 0 Å². The molecular formula is C19H28ClN5O2S. The average molecular weight is 426 g/mol. The summed E-state index contributed by atoms with van der Waals surface area (Å²) in [6, 6.07) is 1.93. The van der Waals surface area contributed by atoms with Crippen LogP contribution in [0.3, 0.4) is 0 Å². The highest BCUT2D eigenvalue weighted by Gasteiger charge is 2.28. The van der Waals surface area contributed by atoms with Crippen LogP contribution in [0.15, 0.2) is 6.07 Å². The van der Waals surface area contributed by atoms with E-state index >= 15 is 0 Å². The van der Waals surface area contributed by atoms with Gasteiger partial charge in [-0.2, -0.15) is 5.10 Å². The Morgan fingerprint density at radius 1 is 1.39 bits per heavy atom. The number of amides is 2. The first-order valence-electron chi connectivity index (χ1n) is 9.36. The molecule has 1 aliphatic rings. The molecule has 0 aliphatic carbocycles. The number of nitrogens with two attached hydrogens (primary N) is 1. The minimum absolute atomic E-state index is 0. The largest absolute Gasteiger partial charge is 0.365 e. The van der Waals surface area contributed by atoms with Crippen LogP contribution in [0.4, 0.5) is 5.00 Å². The van der Waals surface area contributed by atoms with Crippen molar-refractivity contribution in [2.24, 2.45) is 5.73 Å². The number of aromatic nitrogens is 2. The topological polar surface area (TPSA) is 93.2 Å². The van der Waals surface area contributed by atoms with Crippen LogP contribution in [-0.4, -0.2) is 39.6 Å². The van der Waals surface area contributed by atoms with Crippen LogP contribution in [0.5, 0.6) is 0 Å². The van der Waals surface area contributed by atoms with Gasteiger partial charge in [0, 0.05) is 29.7 Å². The number of hydrogen-bond acceptors (Lipinski definition) is 5. The third kappa shape index (κ3) is 4.39. The molecule has 2 aromatic heterocycles. The quantitative estimate of drug-likeness (QED) is 0.741. The van der Waals surface area contributed by atoms with Gasteiger partial charge in [0.1, 0.15) is 5.00 Å². The fourth-order valence-corrected chi connectivity index (χ4v) is 4.89. The zero-order valence-corrected chi connectivity index (χ0v) is 18.4. The van der Waals surface area contributed by atoms with E-state index in [1.807, 2.05) is 25.5 Å². The summed E-state index contributed by atoms with van der Waals surface area (Å²) in [5, 5.41) is 7.79. The first kappa shape index (κ1) is 22.4. The molecule has 0 unspecified atom stereocenters. The molecule has 3 N–H and O–H groups in total. The molecule has 0 saturated heterocycles. The lowest BCUT2D eigenvalue weighted by Crippen LogP contribution is -2.31. The Hall–Kier alpha value is -1.90. The lowest BCUT2D eigenvalue weighted by Gasteiger charge is -2.26. The van der Waals surface area contributed by atoms with Crippen LogP contribution >= 0.6 is 23.7 Å². The van der Waals surface area contributed by atoms with Gasteiger partial charge in [0.05, 0.1) is 5.56 Å². The summed E-state index contributed by atoms with van der Waals surface area (Å²) >= 11 is 1.45. The van der Waals surface area contributed by atoms with E-state index in [0.29, 0.717) is 16.3 Å². The predicted molar refractivity (Wildman–Crippen MR) is 115 cm³/mol. The number of halogens is 1. The van der Waals surface area contributed by atoms with Gasteiger partial charge in [-0.3, -0.25) is 19.2 Å². The number of carbonyl (C=O) groups excluding carboxylic acids is 2. The number of fused-ring (bicyclic) bond motifs is 1. The van der Waals surface area contributed by atoms with E-state index in [2.05, 4.69) is 22.2 Å². The molecule has 7 nitrogen and oxygen atoms in total. The first-order chi connectivity index (χ1) is 12.8. The van der Waals surface area contributed by atoms with E-state index in [0.717, 1.165) is 48.6 Å². The molecule has 0 fully saturated rings. The SMILES string of the molecule is CCCN1CCc2c(sc(NC(=O)c3cc(C)n(C(C)C)n3)c2C(N)=O)C1.Cl. The number of rotatable bonds is 6. The van der Waals surface area contributed by atoms with E-state index < -0.39 is 5.91 Å². The van der Waals surface area contributed by atoms with Crippen molar-refractivity contribution >= 4 is 40.6 Å². The van der Waals surface area contributed by atoms with E-state index in [1.54, 1.807) is 6.07 Å². The van der Waals surface area contributed by atoms with Crippen molar-refractivity contribution in [3.63, 3.8) is 0 Å². The van der Waals surface area contributed by atoms with Crippen molar-refractivity contribution in [1.29, 1.82) is 0 Å². The number of carbonyl (C=O) groups is 2. The van der Waals surface area contributed by atoms with Crippen molar-refractivity contribution in [3.05, 3.63) is 33.5 Å². The summed E-state index contributed by atoms with van der Waals surface area (Å²) in [7, 11) is 0. The van der Waals surface area contributed by atoms with E-state index in [1.165, 1.54) is 11.3 Å². The second-order valence-corrected chi connectivity index (χ2v) is 8.37. The number of aryl methyl sites for hydroxylation is 1. The summed E-state index contributed by atoms with van der Waals surface area (Å²) in [5.41, 5.74) is 8.35. The van der Waals surface area contributed by atoms with Gasteiger partial charge < -0.3 is 11.1 Å². The van der Waals surface area contributed by atoms with Crippen molar-refractivity contribution in [2.75, 3.05) is 18.4 Å². The van der Waals surface area contributed by atoms with Crippen molar-refractivity contribution in [1.82, 2.24) is 14.7 Å². The molecule has 0 spiro atoms. The Balaban J connectivity index is 0.00000280. The van der Waals surface area contributed by atoms with Crippen LogP contribution in [0.1, 0.15) is 70.2 Å². The standard InChI is InChI=1S/C19H27N5O2S.ClH/c1-5-7-23-8-6-13-15(10-23)27-19(16(13)17(20)25)21-18(26)14-9-12(4)24(22-14)11(2)3;/h9,11H,5-8,10H2,1-4H3,(H2,20,25)(H,21,26);1H. The zero-order valence-electron chi connectivity index (χ0n) is 16.7. The van der Waals surface area contributed by atoms with Gasteiger partial charge in [-0.15, -0.1) is 23.7 Å². The summed E-state index contributed by atoms with van der Waals surface area (Å²) < 4.78 is 1.81. The van der Waals surface area contributed by atoms with Crippen LogP contribution in [-0.2, 0) is 13.0 Å². The Kier molecular flexibility index (Phi) is 7.25. The van der Waals surface area contributed by atoms with Crippen LogP contribution in [0.25, 0.3) is 0 Å². The smallest absolute Gasteiger partial charge is 0.276 e. The Bertz CT molecular complexity index is 874. The number of nitrogens with zero attached hydrogens (tertiary/aromatic N) is 3. The molecule has 0 atom stereocenters. The molecule has 0 aromatic carbocycles. The van der Waals surface area contributed by atoms with Gasteiger partial charge >= 0.3 is 0 Å². The van der Waals surface area contributed by atoms with Gasteiger partial charge in [0.25, 0.3) is 11.8 Å². The maximum atomic E-state index is 12.7. The molecule has 3 heterocycles. The van der Waals surface area contributed by atoms with Crippen molar-refractivity contribution in [3.8, 4) is 0 Å². The molecule has 28 heavy (non-hydrogen) atoms. The molecule has 2 aromatic rings. The molecule has 2 amide bonds. The summed E-state index contributed by atoms with van der Waals surface area (Å²) in [4.78, 5) is 28.3. The Morgan fingerprint density at radius 2 is 2.11 bits per heavy atom. The van der Waals surface area contributed by atoms with Gasteiger partial charge in [-0.05, 0) is 51.8 Å². The van der Waals surface area contributed by atoms with Crippen LogP contribution in [0, 0.1) is 6.92 Å². The van der Waals surface area contributed by atoms with E-state index in [9.17, 15) is 9.59 Å². The maximum absolute atomic E-state index is 12.7. The number of primary amides is 1. The average Bonchev–Trinajstić information content (AvgIpc) is 3.15. The summed E-state index contributed by atoms with van der Waals surface area (Å²) in [6.45, 7) is 10.8. The number of nitrogens with one attached hydrogen (secondary N) is 1. The third-order valence-corrected chi connectivity index (χ3v) is 5.93. The lowest BCUT2D eigenvalue weighted by atomic mass is 10.0. The molecule has 1 aliphatic heterocycles. The van der Waals surface area contributed by atoms with Crippen LogP contribution in [0.2, 0.25) is 0 Å². The van der Waals surface area contributed by atoms with Crippen molar-refractivity contribution in [2.45, 2.75) is 53.1 Å². The molecule has 0 radical (unpaired) electrons. The summed E-state index contributed by atoms with van der Waals surface area (Å²) in [5.74, 6) is -0.806. The molecule has 154 valence electrons. The second kappa shape index (κ2) is 9.07. The highest BCUT2D eigenvalue weighted by molar-refractivity contribution is 7.17. The highest BCUT2D eigenvalue weighted by atomic mass is 35.5. The van der Waals surface area contributed by atoms with E-state index in [4.69, 9.17) is 5.73 Å². The lowest BCUT2D eigenvalue weighted by molar-refractivity contribution is 0.1000. The zero-order chi connectivity index (χ0) is 19.7. The molecular weight excluding hydrogens is 398 g/mol. The molecule has 0 bridgehead atoms. The van der Waals surface area contributed by atoms with Gasteiger partial charge in [0.15, 0.2) is 5.69 Å². The highest BCUT2D eigenvalue weighted by Crippen LogP contribution is 2.37. The number of anilines is 1. The minimum atomic E-state index is -0.490. The number of thiophene rings is 1. The Morgan fingerprint density at radius 3 is 2.68 bits per heavy atom. The molecule has 0 saturated carbocycles. The summed E-state index contributed by atoms with van der Waals surface area (Å²) in [6.07, 6.45) is 1.87. The maximum Gasteiger partial charge on any atom is 0.276 e. The first-order valence-corrected chi connectivity index (χ1v) is 10.2. The Labute approximate surface area is 175 Å². The minimum Gasteiger partial charge on any atom is -0.365 e. The van der Waals surface area contributed by atoms with E-state index in [-0.39, 0.29) is 24.4 Å². The fourth-order valence-electron chi connectivity index (χ4n) is 3.60. The fraction of sp³-hybridized carbons (Fsp3) is 0.526. The number of hydrogen-bond donors (Lipinski definition) is 2. The normalized spacial score (nSPS) is 13.9. The predicted octanol–water partition coefficient (Wildman–Crippen LogP) is 3.38. The van der Waals surface area contributed by atoms with Crippen LogP contribution < -0.4 is 11.1 Å². The second-order valence-electron chi connectivity index (χ2n) is 7.26. The molecule has 9 heteroatoms.